The zero-order valence-corrected chi connectivity index (χ0v) is 43.2. The smallest absolute Gasteiger partial charge is 0.383 e. The largest absolute Gasteiger partial charge is 2.00 e. The second-order valence-corrected chi connectivity index (χ2v) is 17.9. The van der Waals surface area contributed by atoms with E-state index in [-0.39, 0.29) is 16.8 Å². The van der Waals surface area contributed by atoms with Gasteiger partial charge in [0.25, 0.3) is 0 Å². The van der Waals surface area contributed by atoms with Crippen molar-refractivity contribution in [2.75, 3.05) is 0 Å². The van der Waals surface area contributed by atoms with E-state index in [1.54, 1.807) is 0 Å². The van der Waals surface area contributed by atoms with Crippen LogP contribution < -0.4 is 0 Å². The molecule has 0 bridgehead atoms. The van der Waals surface area contributed by atoms with Gasteiger partial charge in [-0.05, 0) is 41.5 Å². The number of hydrogen-bond donors (Lipinski definition) is 0. The normalized spacial score (nSPS) is 11.2. The molecule has 75 heavy (non-hydrogen) atoms. The van der Waals surface area contributed by atoms with Gasteiger partial charge in [-0.2, -0.15) is 30.6 Å². The quantitative estimate of drug-likeness (QED) is 0.107. The Balaban J connectivity index is 0.000000169. The maximum absolute atomic E-state index is 4.94. The van der Waals surface area contributed by atoms with Gasteiger partial charge in [-0.1, -0.05) is 182 Å². The molecule has 6 heterocycles. The predicted octanol–water partition coefficient (Wildman–Crippen LogP) is 8.10. The fourth-order valence-corrected chi connectivity index (χ4v) is 9.15. The minimum atomic E-state index is -1.74. The zero-order valence-electron chi connectivity index (χ0n) is 42.1. The van der Waals surface area contributed by atoms with E-state index in [9.17, 15) is 0 Å². The molecule has 12 aromatic rings. The molecule has 12 rings (SSSR count). The van der Waals surface area contributed by atoms with Gasteiger partial charge in [0.1, 0.15) is 0 Å². The van der Waals surface area contributed by atoms with E-state index >= 15 is 0 Å². The SMILES string of the molecule is Cc1nc(-c2ccccc2)nn1[BH-](n1nc(-c2ccccc2)nc1C)n1nc(-c2ccccc2)nc1C.Cc1nc(-c2ccccc2)nn1[BH-](n1nc(-c2ccccc2)nc1C)n1nc(-c2ccccc2)nc1C.[Co+2]. The molecular weight excluding hydrogens is 981 g/mol. The van der Waals surface area contributed by atoms with Crippen molar-refractivity contribution in [1.29, 1.82) is 0 Å². The van der Waals surface area contributed by atoms with Gasteiger partial charge in [0.05, 0.1) is 34.9 Å². The fourth-order valence-electron chi connectivity index (χ4n) is 9.15. The summed E-state index contributed by atoms with van der Waals surface area (Å²) in [6.45, 7) is 11.7. The van der Waals surface area contributed by atoms with E-state index in [1.807, 2.05) is 251 Å². The molecule has 6 aromatic heterocycles. The molecule has 0 spiro atoms. The molecular formula is C54H50B2CoN18. The Morgan fingerprint density at radius 2 is 0.360 bits per heavy atom. The molecule has 18 nitrogen and oxygen atoms in total. The zero-order chi connectivity index (χ0) is 50.7. The summed E-state index contributed by atoms with van der Waals surface area (Å²) < 4.78 is 11.5. The first-order valence-electron chi connectivity index (χ1n) is 24.4. The van der Waals surface area contributed by atoms with Crippen LogP contribution in [0.15, 0.2) is 182 Å². The maximum atomic E-state index is 4.94. The van der Waals surface area contributed by atoms with Gasteiger partial charge in [0, 0.05) is 33.4 Å². The second kappa shape index (κ2) is 21.5. The minimum Gasteiger partial charge on any atom is -0.383 e. The van der Waals surface area contributed by atoms with Crippen molar-refractivity contribution in [2.45, 2.75) is 41.5 Å². The first-order chi connectivity index (χ1) is 36.2. The molecule has 6 aromatic carbocycles. The van der Waals surface area contributed by atoms with E-state index in [2.05, 4.69) is 0 Å². The Bertz CT molecular complexity index is 3170. The van der Waals surface area contributed by atoms with Gasteiger partial charge in [-0.15, -0.1) is 0 Å². The first-order valence-corrected chi connectivity index (χ1v) is 24.4. The maximum Gasteiger partial charge on any atom is 2.00 e. The third-order valence-corrected chi connectivity index (χ3v) is 12.9. The van der Waals surface area contributed by atoms with Crippen LogP contribution in [0.5, 0.6) is 0 Å². The average molecular weight is 1030 g/mol. The number of aryl methyl sites for hydroxylation is 6. The number of hydrogen-bond acceptors (Lipinski definition) is 12. The van der Waals surface area contributed by atoms with Crippen molar-refractivity contribution in [1.82, 2.24) is 88.1 Å². The summed E-state index contributed by atoms with van der Waals surface area (Å²) in [4.78, 5) is 28.8. The van der Waals surface area contributed by atoms with Crippen molar-refractivity contribution in [2.24, 2.45) is 0 Å². The van der Waals surface area contributed by atoms with Crippen LogP contribution in [-0.2, 0) is 16.8 Å². The average Bonchev–Trinajstić information content (AvgIpc) is 4.33. The van der Waals surface area contributed by atoms with Crippen LogP contribution in [0.4, 0.5) is 0 Å². The summed E-state index contributed by atoms with van der Waals surface area (Å²) in [5.41, 5.74) is 5.68. The molecule has 21 heteroatoms. The Kier molecular flexibility index (Phi) is 14.1. The summed E-state index contributed by atoms with van der Waals surface area (Å²) in [5.74, 6) is 8.44. The topological polar surface area (TPSA) is 184 Å². The van der Waals surface area contributed by atoms with Gasteiger partial charge in [-0.25, -0.2) is 29.9 Å². The van der Waals surface area contributed by atoms with Crippen molar-refractivity contribution < 1.29 is 16.8 Å². The Morgan fingerprint density at radius 1 is 0.227 bits per heavy atom. The van der Waals surface area contributed by atoms with Crippen LogP contribution in [0.2, 0.25) is 0 Å². The third kappa shape index (κ3) is 10.1. The van der Waals surface area contributed by atoms with Crippen LogP contribution in [0.3, 0.4) is 0 Å². The third-order valence-electron chi connectivity index (χ3n) is 12.9. The second-order valence-electron chi connectivity index (χ2n) is 17.9. The summed E-state index contributed by atoms with van der Waals surface area (Å²) in [5, 5.41) is 29.7. The molecule has 1 radical (unpaired) electrons. The molecule has 0 amide bonds. The number of aromatic nitrogens is 18. The van der Waals surface area contributed by atoms with Crippen LogP contribution in [0, 0.1) is 41.5 Å². The van der Waals surface area contributed by atoms with E-state index in [1.165, 1.54) is 0 Å². The molecule has 0 saturated heterocycles. The predicted molar refractivity (Wildman–Crippen MR) is 288 cm³/mol. The van der Waals surface area contributed by atoms with E-state index in [0.29, 0.717) is 34.9 Å². The summed E-state index contributed by atoms with van der Waals surface area (Å²) >= 11 is 0. The molecule has 0 saturated carbocycles. The fraction of sp³-hybridized carbons (Fsp3) is 0.111. The summed E-state index contributed by atoms with van der Waals surface area (Å²) in [6, 6.07) is 59.8. The van der Waals surface area contributed by atoms with Crippen molar-refractivity contribution >= 4 is 14.2 Å². The van der Waals surface area contributed by atoms with Crippen LogP contribution in [-0.4, -0.2) is 102 Å². The van der Waals surface area contributed by atoms with Gasteiger partial charge in [-0.3, -0.25) is 0 Å². The Hall–Kier alpha value is -9.20. The first kappa shape index (κ1) is 49.4. The molecule has 0 aliphatic carbocycles. The van der Waals surface area contributed by atoms with Crippen LogP contribution in [0.25, 0.3) is 68.3 Å². The van der Waals surface area contributed by atoms with E-state index in [0.717, 1.165) is 68.3 Å². The molecule has 0 aliphatic rings. The Morgan fingerprint density at radius 3 is 0.493 bits per heavy atom. The van der Waals surface area contributed by atoms with Gasteiger partial charge in [0.15, 0.2) is 34.9 Å². The van der Waals surface area contributed by atoms with Gasteiger partial charge in [0.2, 0.25) is 0 Å². The van der Waals surface area contributed by atoms with Gasteiger partial charge >= 0.3 is 31.0 Å². The number of rotatable bonds is 12. The number of benzene rings is 6. The summed E-state index contributed by atoms with van der Waals surface area (Å²) in [7, 11) is -3.48. The van der Waals surface area contributed by atoms with E-state index in [4.69, 9.17) is 60.5 Å². The van der Waals surface area contributed by atoms with Crippen LogP contribution in [0.1, 0.15) is 34.9 Å². The Labute approximate surface area is 443 Å². The monoisotopic (exact) mass is 1030 g/mol. The van der Waals surface area contributed by atoms with Crippen molar-refractivity contribution in [3.8, 4) is 68.3 Å². The number of nitrogens with zero attached hydrogens (tertiary/aromatic N) is 18. The van der Waals surface area contributed by atoms with Crippen molar-refractivity contribution in [3.63, 3.8) is 0 Å². The standard InChI is InChI=1S/2C27H25BN9.Co/c2*1-19-29-25(22-13-7-4-8-14-22)32-35(19)28(36-20(2)30-26(33-36)23-15-9-5-10-16-23)37-21(3)31-27(34-37)24-17-11-6-12-18-24;/h2*4-18,28H,1-3H3;/q2*-1;+2. The summed E-state index contributed by atoms with van der Waals surface area (Å²) in [6.07, 6.45) is 0. The molecule has 0 unspecified atom stereocenters. The minimum absolute atomic E-state index is 0. The molecule has 0 atom stereocenters. The van der Waals surface area contributed by atoms with Crippen molar-refractivity contribution in [3.05, 3.63) is 217 Å². The molecule has 371 valence electrons. The molecule has 0 N–H and O–H groups in total. The van der Waals surface area contributed by atoms with E-state index < -0.39 is 14.2 Å². The molecule has 0 fully saturated rings. The molecule has 0 aliphatic heterocycles. The van der Waals surface area contributed by atoms with Crippen LogP contribution >= 0.6 is 0 Å². The van der Waals surface area contributed by atoms with Gasteiger partial charge < -0.3 is 27.6 Å².